The van der Waals surface area contributed by atoms with Crippen molar-refractivity contribution >= 4 is 16.9 Å². The smallest absolute Gasteiger partial charge is 0.337 e. The van der Waals surface area contributed by atoms with Gasteiger partial charge in [0.05, 0.1) is 19.7 Å². The quantitative estimate of drug-likeness (QED) is 0.804. The molecule has 1 heterocycles. The molecule has 6 heteroatoms. The van der Waals surface area contributed by atoms with Crippen LogP contribution >= 0.6 is 0 Å². The van der Waals surface area contributed by atoms with Gasteiger partial charge in [0.2, 0.25) is 5.88 Å². The van der Waals surface area contributed by atoms with E-state index in [1.807, 2.05) is 0 Å². The fraction of sp³-hybridized carbons (Fsp3) is 0.286. The van der Waals surface area contributed by atoms with Crippen molar-refractivity contribution < 1.29 is 24.5 Å². The van der Waals surface area contributed by atoms with Gasteiger partial charge in [0, 0.05) is 11.5 Å². The van der Waals surface area contributed by atoms with Gasteiger partial charge >= 0.3 is 5.97 Å². The summed E-state index contributed by atoms with van der Waals surface area (Å²) >= 11 is 0. The Balaban J connectivity index is 2.34. The van der Waals surface area contributed by atoms with Crippen molar-refractivity contribution in [2.75, 3.05) is 14.2 Å². The number of nitrogens with zero attached hydrogens (tertiary/aromatic N) is 1. The van der Waals surface area contributed by atoms with E-state index in [-0.39, 0.29) is 0 Å². The summed E-state index contributed by atoms with van der Waals surface area (Å²) in [5.74, 6) is -0.397. The third-order valence-corrected chi connectivity index (χ3v) is 2.98. The largest absolute Gasteiger partial charge is 0.481 e. The van der Waals surface area contributed by atoms with Gasteiger partial charge in [-0.05, 0) is 23.8 Å². The molecule has 0 spiro atoms. The highest BCUT2D eigenvalue weighted by atomic mass is 16.5. The number of ether oxygens (including phenoxy) is 2. The second kappa shape index (κ2) is 5.85. The predicted molar refractivity (Wildman–Crippen MR) is 71.3 cm³/mol. The number of carbonyl (C=O) groups is 1. The highest BCUT2D eigenvalue weighted by Crippen LogP contribution is 2.23. The summed E-state index contributed by atoms with van der Waals surface area (Å²) in [6, 6.07) is 8.39. The van der Waals surface area contributed by atoms with Crippen molar-refractivity contribution in [3.05, 3.63) is 35.9 Å². The van der Waals surface area contributed by atoms with Gasteiger partial charge in [0.25, 0.3) is 0 Å². The lowest BCUT2D eigenvalue weighted by Crippen LogP contribution is -2.29. The molecule has 0 radical (unpaired) electrons. The minimum absolute atomic E-state index is 0.405. The fourth-order valence-corrected chi connectivity index (χ4v) is 1.85. The number of methoxy groups -OCH3 is 2. The van der Waals surface area contributed by atoms with Crippen LogP contribution in [0.5, 0.6) is 5.88 Å². The maximum absolute atomic E-state index is 11.2. The highest BCUT2D eigenvalue weighted by molar-refractivity contribution is 5.80. The topological polar surface area (TPSA) is 88.9 Å². The summed E-state index contributed by atoms with van der Waals surface area (Å²) in [6.07, 6.45) is -2.97. The minimum atomic E-state index is -1.62. The van der Waals surface area contributed by atoms with Crippen LogP contribution < -0.4 is 4.74 Å². The molecule has 2 rings (SSSR count). The molecule has 6 nitrogen and oxygen atoms in total. The standard InChI is InChI=1S/C14H15NO5/c1-19-11-6-4-8-7-9(3-5-10(8)15-11)12(16)13(17)14(18)20-2/h3-7,12-13,16-17H,1-2H3. The average molecular weight is 277 g/mol. The van der Waals surface area contributed by atoms with E-state index in [4.69, 9.17) is 4.74 Å². The normalized spacial score (nSPS) is 13.8. The van der Waals surface area contributed by atoms with Gasteiger partial charge in [-0.15, -0.1) is 0 Å². The van der Waals surface area contributed by atoms with Crippen LogP contribution in [0.25, 0.3) is 10.9 Å². The molecule has 2 aromatic rings. The van der Waals surface area contributed by atoms with Gasteiger partial charge in [-0.2, -0.15) is 0 Å². The Labute approximate surface area is 115 Å². The van der Waals surface area contributed by atoms with Crippen LogP contribution in [0.2, 0.25) is 0 Å². The molecule has 2 N–H and O–H groups in total. The fourth-order valence-electron chi connectivity index (χ4n) is 1.85. The SMILES string of the molecule is COC(=O)C(O)C(O)c1ccc2nc(OC)ccc2c1. The molecule has 1 aromatic carbocycles. The molecule has 1 aromatic heterocycles. The lowest BCUT2D eigenvalue weighted by molar-refractivity contribution is -0.156. The molecule has 0 fully saturated rings. The summed E-state index contributed by atoms with van der Waals surface area (Å²) in [7, 11) is 2.67. The van der Waals surface area contributed by atoms with Gasteiger partial charge < -0.3 is 19.7 Å². The Morgan fingerprint density at radius 1 is 1.20 bits per heavy atom. The average Bonchev–Trinajstić information content (AvgIpc) is 2.51. The zero-order valence-corrected chi connectivity index (χ0v) is 11.1. The van der Waals surface area contributed by atoms with Crippen molar-refractivity contribution in [1.29, 1.82) is 0 Å². The third-order valence-electron chi connectivity index (χ3n) is 2.98. The molecule has 20 heavy (non-hydrogen) atoms. The van der Waals surface area contributed by atoms with Gasteiger partial charge in [0.15, 0.2) is 6.10 Å². The predicted octanol–water partition coefficient (Wildman–Crippen LogP) is 0.811. The molecule has 0 saturated heterocycles. The first-order valence-corrected chi connectivity index (χ1v) is 5.95. The van der Waals surface area contributed by atoms with E-state index in [9.17, 15) is 15.0 Å². The van der Waals surface area contributed by atoms with E-state index in [2.05, 4.69) is 9.72 Å². The van der Waals surface area contributed by atoms with Crippen LogP contribution in [0.15, 0.2) is 30.3 Å². The van der Waals surface area contributed by atoms with Gasteiger partial charge in [-0.1, -0.05) is 6.07 Å². The number of esters is 1. The second-order valence-corrected chi connectivity index (χ2v) is 4.22. The number of aliphatic hydroxyl groups is 2. The first kappa shape index (κ1) is 14.2. The van der Waals surface area contributed by atoms with Crippen molar-refractivity contribution in [2.24, 2.45) is 0 Å². The molecule has 2 unspecified atom stereocenters. The monoisotopic (exact) mass is 277 g/mol. The number of fused-ring (bicyclic) bond motifs is 1. The summed E-state index contributed by atoms with van der Waals surface area (Å²) in [5.41, 5.74) is 1.09. The molecular weight excluding hydrogens is 262 g/mol. The van der Waals surface area contributed by atoms with Crippen LogP contribution in [-0.4, -0.2) is 41.5 Å². The van der Waals surface area contributed by atoms with Crippen LogP contribution in [0, 0.1) is 0 Å². The number of carbonyl (C=O) groups excluding carboxylic acids is 1. The molecule has 106 valence electrons. The van der Waals surface area contributed by atoms with Crippen molar-refractivity contribution in [3.8, 4) is 5.88 Å². The van der Waals surface area contributed by atoms with Crippen LogP contribution in [0.4, 0.5) is 0 Å². The second-order valence-electron chi connectivity index (χ2n) is 4.22. The summed E-state index contributed by atoms with van der Waals surface area (Å²) in [4.78, 5) is 15.4. The molecule has 0 aliphatic carbocycles. The van der Waals surface area contributed by atoms with Crippen molar-refractivity contribution in [2.45, 2.75) is 12.2 Å². The highest BCUT2D eigenvalue weighted by Gasteiger charge is 2.26. The van der Waals surface area contributed by atoms with E-state index in [1.165, 1.54) is 7.11 Å². The lowest BCUT2D eigenvalue weighted by atomic mass is 10.0. The van der Waals surface area contributed by atoms with Crippen LogP contribution in [0.3, 0.4) is 0 Å². The Kier molecular flexibility index (Phi) is 4.16. The molecule has 2 atom stereocenters. The molecule has 0 aliphatic rings. The number of rotatable bonds is 4. The summed E-state index contributed by atoms with van der Waals surface area (Å²) in [5, 5.41) is 20.4. The zero-order chi connectivity index (χ0) is 14.7. The van der Waals surface area contributed by atoms with Crippen LogP contribution in [0.1, 0.15) is 11.7 Å². The summed E-state index contributed by atoms with van der Waals surface area (Å²) < 4.78 is 9.42. The minimum Gasteiger partial charge on any atom is -0.481 e. The Bertz CT molecular complexity index is 628. The Hall–Kier alpha value is -2.18. The molecule has 0 amide bonds. The Morgan fingerprint density at radius 2 is 1.95 bits per heavy atom. The molecular formula is C14H15NO5. The first-order valence-electron chi connectivity index (χ1n) is 5.95. The van der Waals surface area contributed by atoms with Gasteiger partial charge in [0.1, 0.15) is 6.10 Å². The zero-order valence-electron chi connectivity index (χ0n) is 11.1. The van der Waals surface area contributed by atoms with Crippen molar-refractivity contribution in [3.63, 3.8) is 0 Å². The number of benzene rings is 1. The number of aliphatic hydroxyl groups excluding tert-OH is 2. The Morgan fingerprint density at radius 3 is 2.60 bits per heavy atom. The van der Waals surface area contributed by atoms with E-state index in [1.54, 1.807) is 30.3 Å². The maximum atomic E-state index is 11.2. The van der Waals surface area contributed by atoms with E-state index < -0.39 is 18.2 Å². The number of hydrogen-bond acceptors (Lipinski definition) is 6. The maximum Gasteiger partial charge on any atom is 0.337 e. The number of aromatic nitrogens is 1. The van der Waals surface area contributed by atoms with Gasteiger partial charge in [-0.25, -0.2) is 9.78 Å². The lowest BCUT2D eigenvalue weighted by Gasteiger charge is -2.16. The first-order chi connectivity index (χ1) is 9.56. The van der Waals surface area contributed by atoms with Crippen LogP contribution in [-0.2, 0) is 9.53 Å². The van der Waals surface area contributed by atoms with E-state index >= 15 is 0 Å². The number of hydrogen-bond donors (Lipinski definition) is 2. The third kappa shape index (κ3) is 2.71. The van der Waals surface area contributed by atoms with Crippen molar-refractivity contribution in [1.82, 2.24) is 4.98 Å². The summed E-state index contributed by atoms with van der Waals surface area (Å²) in [6.45, 7) is 0. The molecule has 0 aliphatic heterocycles. The number of pyridine rings is 1. The van der Waals surface area contributed by atoms with E-state index in [0.29, 0.717) is 17.0 Å². The van der Waals surface area contributed by atoms with Gasteiger partial charge in [-0.3, -0.25) is 0 Å². The van der Waals surface area contributed by atoms with E-state index in [0.717, 1.165) is 12.5 Å². The molecule has 0 saturated carbocycles. The molecule has 0 bridgehead atoms.